The van der Waals surface area contributed by atoms with Crippen molar-refractivity contribution in [3.8, 4) is 5.75 Å². The normalized spacial score (nSPS) is 16.3. The van der Waals surface area contributed by atoms with Crippen LogP contribution in [0, 0.1) is 10.1 Å². The molecule has 9 heteroatoms. The Bertz CT molecular complexity index is 589. The Morgan fingerprint density at radius 3 is 2.64 bits per heavy atom. The van der Waals surface area contributed by atoms with E-state index in [1.54, 1.807) is 24.0 Å². The number of para-hydroxylation sites is 2. The number of carbonyl (C=O) groups is 1. The summed E-state index contributed by atoms with van der Waals surface area (Å²) >= 11 is 0. The third-order valence-corrected chi connectivity index (χ3v) is 3.86. The SMILES string of the molecule is CCOC(=O)N1CCN(C[C@@H](O)COc2ccccc2[N+](=O)[O-])CC1. The standard InChI is InChI=1S/C16H23N3O6/c1-2-24-16(21)18-9-7-17(8-10-18)11-13(20)12-25-15-6-4-3-5-14(15)19(22)23/h3-6,13,20H,2,7-12H2,1H3/t13-/m1/s1. The summed E-state index contributed by atoms with van der Waals surface area (Å²) in [4.78, 5) is 25.7. The van der Waals surface area contributed by atoms with Gasteiger partial charge in [-0.25, -0.2) is 4.79 Å². The molecule has 0 spiro atoms. The van der Waals surface area contributed by atoms with E-state index >= 15 is 0 Å². The highest BCUT2D eigenvalue weighted by Gasteiger charge is 2.23. The van der Waals surface area contributed by atoms with Gasteiger partial charge in [-0.3, -0.25) is 15.0 Å². The number of ether oxygens (including phenoxy) is 2. The molecule has 1 heterocycles. The lowest BCUT2D eigenvalue weighted by Crippen LogP contribution is -2.51. The van der Waals surface area contributed by atoms with Crippen LogP contribution < -0.4 is 4.74 Å². The molecule has 1 atom stereocenters. The van der Waals surface area contributed by atoms with Gasteiger partial charge in [0.15, 0.2) is 5.75 Å². The van der Waals surface area contributed by atoms with Crippen LogP contribution in [0.2, 0.25) is 0 Å². The van der Waals surface area contributed by atoms with Gasteiger partial charge in [-0.2, -0.15) is 0 Å². The third-order valence-electron chi connectivity index (χ3n) is 3.86. The molecule has 0 aliphatic carbocycles. The van der Waals surface area contributed by atoms with Gasteiger partial charge < -0.3 is 19.5 Å². The molecule has 1 aliphatic rings. The molecule has 9 nitrogen and oxygen atoms in total. The molecule has 1 saturated heterocycles. The zero-order valence-electron chi connectivity index (χ0n) is 14.2. The number of rotatable bonds is 7. The van der Waals surface area contributed by atoms with E-state index < -0.39 is 11.0 Å². The van der Waals surface area contributed by atoms with Gasteiger partial charge in [-0.1, -0.05) is 12.1 Å². The lowest BCUT2D eigenvalue weighted by Gasteiger charge is -2.34. The van der Waals surface area contributed by atoms with Gasteiger partial charge in [0.1, 0.15) is 12.7 Å². The summed E-state index contributed by atoms with van der Waals surface area (Å²) in [6.45, 7) is 4.78. The Labute approximate surface area is 145 Å². The summed E-state index contributed by atoms with van der Waals surface area (Å²) in [5.41, 5.74) is -0.127. The minimum Gasteiger partial charge on any atom is -0.484 e. The Kier molecular flexibility index (Phi) is 6.96. The number of aliphatic hydroxyl groups is 1. The number of hydrogen-bond donors (Lipinski definition) is 1. The zero-order valence-corrected chi connectivity index (χ0v) is 14.2. The molecule has 0 saturated carbocycles. The second-order valence-electron chi connectivity index (χ2n) is 5.68. The van der Waals surface area contributed by atoms with Crippen LogP contribution in [-0.2, 0) is 4.74 Å². The lowest BCUT2D eigenvalue weighted by atomic mass is 10.2. The van der Waals surface area contributed by atoms with Crippen LogP contribution in [0.1, 0.15) is 6.92 Å². The average Bonchev–Trinajstić information content (AvgIpc) is 2.61. The number of nitrogens with zero attached hydrogens (tertiary/aromatic N) is 3. The van der Waals surface area contributed by atoms with E-state index in [0.29, 0.717) is 39.3 Å². The Balaban J connectivity index is 1.76. The quantitative estimate of drug-likeness (QED) is 0.578. The predicted molar refractivity (Wildman–Crippen MR) is 89.6 cm³/mol. The van der Waals surface area contributed by atoms with Crippen LogP contribution in [0.15, 0.2) is 24.3 Å². The van der Waals surface area contributed by atoms with Crippen molar-refractivity contribution >= 4 is 11.8 Å². The Morgan fingerprint density at radius 2 is 2.00 bits per heavy atom. The maximum Gasteiger partial charge on any atom is 0.409 e. The van der Waals surface area contributed by atoms with Crippen LogP contribution in [0.4, 0.5) is 10.5 Å². The topological polar surface area (TPSA) is 105 Å². The van der Waals surface area contributed by atoms with Crippen molar-refractivity contribution in [1.29, 1.82) is 0 Å². The van der Waals surface area contributed by atoms with Crippen molar-refractivity contribution in [1.82, 2.24) is 9.80 Å². The molecule has 138 valence electrons. The molecule has 1 fully saturated rings. The van der Waals surface area contributed by atoms with Gasteiger partial charge in [0.05, 0.1) is 11.5 Å². The average molecular weight is 353 g/mol. The number of benzene rings is 1. The number of carbonyl (C=O) groups excluding carboxylic acids is 1. The molecular formula is C16H23N3O6. The fourth-order valence-corrected chi connectivity index (χ4v) is 2.59. The van der Waals surface area contributed by atoms with Crippen LogP contribution in [0.3, 0.4) is 0 Å². The van der Waals surface area contributed by atoms with Crippen LogP contribution in [-0.4, -0.2) is 78.0 Å². The summed E-state index contributed by atoms with van der Waals surface area (Å²) in [5.74, 6) is 0.138. The van der Waals surface area contributed by atoms with Crippen LogP contribution in [0.25, 0.3) is 0 Å². The van der Waals surface area contributed by atoms with Crippen molar-refractivity contribution in [2.24, 2.45) is 0 Å². The van der Waals surface area contributed by atoms with E-state index in [2.05, 4.69) is 0 Å². The monoisotopic (exact) mass is 353 g/mol. The maximum atomic E-state index is 11.6. The molecule has 1 aliphatic heterocycles. The summed E-state index contributed by atoms with van der Waals surface area (Å²) < 4.78 is 10.4. The van der Waals surface area contributed by atoms with E-state index in [4.69, 9.17) is 9.47 Å². The molecule has 1 N–H and O–H groups in total. The minimum absolute atomic E-state index is 0.0387. The molecule has 0 radical (unpaired) electrons. The first kappa shape index (κ1) is 18.9. The molecule has 2 rings (SSSR count). The summed E-state index contributed by atoms with van der Waals surface area (Å²) in [6, 6.07) is 6.06. The van der Waals surface area contributed by atoms with Gasteiger partial charge in [0, 0.05) is 38.8 Å². The first-order chi connectivity index (χ1) is 12.0. The molecule has 0 unspecified atom stereocenters. The van der Waals surface area contributed by atoms with Gasteiger partial charge >= 0.3 is 11.8 Å². The molecular weight excluding hydrogens is 330 g/mol. The van der Waals surface area contributed by atoms with Crippen molar-refractivity contribution in [3.05, 3.63) is 34.4 Å². The number of piperazine rings is 1. The molecule has 25 heavy (non-hydrogen) atoms. The van der Waals surface area contributed by atoms with Gasteiger partial charge in [-0.15, -0.1) is 0 Å². The highest BCUT2D eigenvalue weighted by molar-refractivity contribution is 5.67. The molecule has 0 bridgehead atoms. The van der Waals surface area contributed by atoms with Crippen molar-refractivity contribution < 1.29 is 24.3 Å². The van der Waals surface area contributed by atoms with E-state index in [0.717, 1.165) is 0 Å². The Morgan fingerprint density at radius 1 is 1.32 bits per heavy atom. The predicted octanol–water partition coefficient (Wildman–Crippen LogP) is 1.11. The van der Waals surface area contributed by atoms with Gasteiger partial charge in [-0.05, 0) is 13.0 Å². The molecule has 1 aromatic rings. The van der Waals surface area contributed by atoms with E-state index in [9.17, 15) is 20.0 Å². The van der Waals surface area contributed by atoms with Gasteiger partial charge in [0.25, 0.3) is 0 Å². The lowest BCUT2D eigenvalue weighted by molar-refractivity contribution is -0.385. The zero-order chi connectivity index (χ0) is 18.2. The number of β-amino-alcohol motifs (C(OH)–C–C–N with tert-alkyl or cyclic N) is 1. The molecule has 1 aromatic carbocycles. The smallest absolute Gasteiger partial charge is 0.409 e. The van der Waals surface area contributed by atoms with Crippen molar-refractivity contribution in [3.63, 3.8) is 0 Å². The first-order valence-corrected chi connectivity index (χ1v) is 8.19. The van der Waals surface area contributed by atoms with E-state index in [-0.39, 0.29) is 24.1 Å². The second-order valence-corrected chi connectivity index (χ2v) is 5.68. The highest BCUT2D eigenvalue weighted by Crippen LogP contribution is 2.25. The summed E-state index contributed by atoms with van der Waals surface area (Å²) in [7, 11) is 0. The molecule has 1 amide bonds. The largest absolute Gasteiger partial charge is 0.484 e. The highest BCUT2D eigenvalue weighted by atomic mass is 16.6. The Hall–Kier alpha value is -2.39. The maximum absolute atomic E-state index is 11.6. The van der Waals surface area contributed by atoms with Crippen LogP contribution in [0.5, 0.6) is 5.75 Å². The molecule has 0 aromatic heterocycles. The number of amides is 1. The summed E-state index contributed by atoms with van der Waals surface area (Å²) in [6.07, 6.45) is -1.10. The minimum atomic E-state index is -0.783. The first-order valence-electron chi connectivity index (χ1n) is 8.19. The number of nitro groups is 1. The summed E-state index contributed by atoms with van der Waals surface area (Å²) in [5, 5.41) is 21.0. The van der Waals surface area contributed by atoms with Gasteiger partial charge in [0.2, 0.25) is 0 Å². The second kappa shape index (κ2) is 9.19. The van der Waals surface area contributed by atoms with E-state index in [1.165, 1.54) is 12.1 Å². The van der Waals surface area contributed by atoms with E-state index in [1.807, 2.05) is 4.90 Å². The fraction of sp³-hybridized carbons (Fsp3) is 0.562. The van der Waals surface area contributed by atoms with Crippen molar-refractivity contribution in [2.45, 2.75) is 13.0 Å². The number of hydrogen-bond acceptors (Lipinski definition) is 7. The number of aliphatic hydroxyl groups excluding tert-OH is 1. The van der Waals surface area contributed by atoms with Crippen molar-refractivity contribution in [2.75, 3.05) is 45.9 Å². The van der Waals surface area contributed by atoms with Crippen LogP contribution >= 0.6 is 0 Å². The number of nitro benzene ring substituents is 1. The third kappa shape index (κ3) is 5.57. The fourth-order valence-electron chi connectivity index (χ4n) is 2.59.